The minimum atomic E-state index is 0. The van der Waals surface area contributed by atoms with E-state index in [1.54, 1.807) is 7.11 Å². The van der Waals surface area contributed by atoms with Crippen LogP contribution in [0.25, 0.3) is 0 Å². The van der Waals surface area contributed by atoms with Crippen molar-refractivity contribution in [2.75, 3.05) is 46.4 Å². The van der Waals surface area contributed by atoms with Gasteiger partial charge in [-0.25, -0.2) is 0 Å². The summed E-state index contributed by atoms with van der Waals surface area (Å²) in [7, 11) is 1.67. The first-order valence-electron chi connectivity index (χ1n) is 14.5. The number of benzene rings is 2. The minimum Gasteiger partial charge on any atom is -0.497 e. The highest BCUT2D eigenvalue weighted by Gasteiger charge is 2.46. The molecule has 2 atom stereocenters. The molecule has 4 fully saturated rings. The van der Waals surface area contributed by atoms with Crippen molar-refractivity contribution in [2.24, 2.45) is 17.3 Å². The van der Waals surface area contributed by atoms with E-state index in [0.717, 1.165) is 69.8 Å². The Morgan fingerprint density at radius 3 is 2.38 bits per heavy atom. The molecule has 0 N–H and O–H groups in total. The Kier molecular flexibility index (Phi) is 8.53. The zero-order valence-electron chi connectivity index (χ0n) is 23.1. The van der Waals surface area contributed by atoms with Crippen LogP contribution >= 0.6 is 12.4 Å². The van der Waals surface area contributed by atoms with Crippen LogP contribution in [0.5, 0.6) is 5.75 Å². The van der Waals surface area contributed by atoms with Crippen LogP contribution < -0.4 is 4.74 Å². The standard InChI is InChI=1S/C32H41N3O3.ClH/c1-38-28-11-9-25(10-12-28)19-35-23-32(18-31(35)37)13-15-33(16-14-32)20-27-21-34(30(36)17-24-7-8-24)22-29(27)26-5-3-2-4-6-26;/h2-6,9-12,24,27,29H,7-8,13-23H2,1H3;1H/t27-,29+;/m0./s1. The number of hydrogen-bond acceptors (Lipinski definition) is 4. The number of amides is 2. The number of carbonyl (C=O) groups is 2. The van der Waals surface area contributed by atoms with Gasteiger partial charge in [0.1, 0.15) is 5.75 Å². The first-order valence-corrected chi connectivity index (χ1v) is 14.5. The largest absolute Gasteiger partial charge is 0.497 e. The molecule has 1 saturated carbocycles. The third-order valence-corrected chi connectivity index (χ3v) is 9.53. The van der Waals surface area contributed by atoms with E-state index in [9.17, 15) is 9.59 Å². The van der Waals surface area contributed by atoms with Gasteiger partial charge in [0.05, 0.1) is 7.11 Å². The number of methoxy groups -OCH3 is 1. The van der Waals surface area contributed by atoms with Crippen LogP contribution in [0.2, 0.25) is 0 Å². The molecule has 2 aromatic rings. The average molecular weight is 552 g/mol. The maximum atomic E-state index is 13.0. The fourth-order valence-electron chi connectivity index (χ4n) is 6.99. The maximum Gasteiger partial charge on any atom is 0.223 e. The number of ether oxygens (including phenoxy) is 1. The van der Waals surface area contributed by atoms with Crippen molar-refractivity contribution in [1.82, 2.24) is 14.7 Å². The zero-order chi connectivity index (χ0) is 26.1. The smallest absolute Gasteiger partial charge is 0.223 e. The molecule has 0 unspecified atom stereocenters. The molecule has 1 aliphatic carbocycles. The van der Waals surface area contributed by atoms with Crippen molar-refractivity contribution in [3.8, 4) is 5.75 Å². The number of rotatable bonds is 8. The number of nitrogens with zero attached hydrogens (tertiary/aromatic N) is 3. The maximum absolute atomic E-state index is 13.0. The highest BCUT2D eigenvalue weighted by Crippen LogP contribution is 2.43. The third kappa shape index (κ3) is 6.44. The van der Waals surface area contributed by atoms with Crippen LogP contribution in [0.3, 0.4) is 0 Å². The lowest BCUT2D eigenvalue weighted by molar-refractivity contribution is -0.130. The lowest BCUT2D eigenvalue weighted by Gasteiger charge is -2.40. The second kappa shape index (κ2) is 11.9. The fraction of sp³-hybridized carbons (Fsp3) is 0.562. The SMILES string of the molecule is COc1ccc(CN2CC3(CCN(C[C@H]4CN(C(=O)CC5CC5)C[C@@H]4c4ccccc4)CC3)CC2=O)cc1.Cl. The van der Waals surface area contributed by atoms with Gasteiger partial charge in [-0.15, -0.1) is 12.4 Å². The lowest BCUT2D eigenvalue weighted by Crippen LogP contribution is -2.44. The molecule has 2 aromatic carbocycles. The van der Waals surface area contributed by atoms with Crippen LogP contribution in [0, 0.1) is 17.3 Å². The number of halogens is 1. The summed E-state index contributed by atoms with van der Waals surface area (Å²) in [5.41, 5.74) is 2.63. The highest BCUT2D eigenvalue weighted by molar-refractivity contribution is 5.85. The topological polar surface area (TPSA) is 53.1 Å². The average Bonchev–Trinajstić information content (AvgIpc) is 3.57. The van der Waals surface area contributed by atoms with Gasteiger partial charge in [-0.05, 0) is 79.3 Å². The Morgan fingerprint density at radius 1 is 1.00 bits per heavy atom. The molecule has 4 aliphatic rings. The monoisotopic (exact) mass is 551 g/mol. The van der Waals surface area contributed by atoms with Crippen molar-refractivity contribution in [2.45, 2.75) is 51.0 Å². The van der Waals surface area contributed by atoms with E-state index in [-0.39, 0.29) is 17.8 Å². The molecule has 39 heavy (non-hydrogen) atoms. The molecule has 0 aromatic heterocycles. The summed E-state index contributed by atoms with van der Waals surface area (Å²) in [6, 6.07) is 18.9. The predicted octanol–water partition coefficient (Wildman–Crippen LogP) is 4.97. The van der Waals surface area contributed by atoms with Crippen molar-refractivity contribution in [1.29, 1.82) is 0 Å². The van der Waals surface area contributed by atoms with Crippen molar-refractivity contribution >= 4 is 24.2 Å². The van der Waals surface area contributed by atoms with Gasteiger partial charge in [0.2, 0.25) is 11.8 Å². The quantitative estimate of drug-likeness (QED) is 0.465. The van der Waals surface area contributed by atoms with E-state index >= 15 is 0 Å². The first kappa shape index (κ1) is 28.0. The first-order chi connectivity index (χ1) is 18.5. The van der Waals surface area contributed by atoms with Gasteiger partial charge >= 0.3 is 0 Å². The van der Waals surface area contributed by atoms with E-state index in [1.807, 2.05) is 12.1 Å². The number of likely N-dealkylation sites (tertiary alicyclic amines) is 3. The van der Waals surface area contributed by atoms with E-state index in [1.165, 1.54) is 18.4 Å². The van der Waals surface area contributed by atoms with Gasteiger partial charge in [-0.3, -0.25) is 9.59 Å². The van der Waals surface area contributed by atoms with Gasteiger partial charge < -0.3 is 19.4 Å². The third-order valence-electron chi connectivity index (χ3n) is 9.53. The van der Waals surface area contributed by atoms with Crippen molar-refractivity contribution < 1.29 is 14.3 Å². The fourth-order valence-corrected chi connectivity index (χ4v) is 6.99. The molecule has 210 valence electrons. The van der Waals surface area contributed by atoms with Crippen LogP contribution in [0.15, 0.2) is 54.6 Å². The highest BCUT2D eigenvalue weighted by atomic mass is 35.5. The van der Waals surface area contributed by atoms with Gasteiger partial charge in [0.25, 0.3) is 0 Å². The van der Waals surface area contributed by atoms with Crippen molar-refractivity contribution in [3.63, 3.8) is 0 Å². The minimum absolute atomic E-state index is 0. The van der Waals surface area contributed by atoms with E-state index in [2.05, 4.69) is 57.2 Å². The molecular formula is C32H42ClN3O3. The van der Waals surface area contributed by atoms with Gasteiger partial charge in [-0.2, -0.15) is 0 Å². The second-order valence-corrected chi connectivity index (χ2v) is 12.3. The van der Waals surface area contributed by atoms with Gasteiger partial charge in [0, 0.05) is 51.5 Å². The Labute approximate surface area is 239 Å². The van der Waals surface area contributed by atoms with Gasteiger partial charge in [-0.1, -0.05) is 42.5 Å². The van der Waals surface area contributed by atoms with Gasteiger partial charge in [0.15, 0.2) is 0 Å². The molecule has 3 heterocycles. The zero-order valence-corrected chi connectivity index (χ0v) is 23.9. The van der Waals surface area contributed by atoms with E-state index < -0.39 is 0 Å². The molecule has 3 aliphatic heterocycles. The summed E-state index contributed by atoms with van der Waals surface area (Å²) < 4.78 is 5.27. The molecular weight excluding hydrogens is 510 g/mol. The molecule has 0 radical (unpaired) electrons. The van der Waals surface area contributed by atoms with E-state index in [0.29, 0.717) is 42.5 Å². The van der Waals surface area contributed by atoms with Crippen molar-refractivity contribution in [3.05, 3.63) is 65.7 Å². The molecule has 2 amide bonds. The molecule has 3 saturated heterocycles. The molecule has 6 rings (SSSR count). The Morgan fingerprint density at radius 2 is 1.72 bits per heavy atom. The summed E-state index contributed by atoms with van der Waals surface area (Å²) in [5.74, 6) is 2.99. The van der Waals surface area contributed by atoms with Crippen LogP contribution in [0.1, 0.15) is 55.6 Å². The number of piperidine rings is 1. The Hall–Kier alpha value is -2.57. The summed E-state index contributed by atoms with van der Waals surface area (Å²) in [6.45, 7) is 6.39. The van der Waals surface area contributed by atoms with Crippen LogP contribution in [-0.2, 0) is 16.1 Å². The molecule has 7 heteroatoms. The normalized spacial score (nSPS) is 24.7. The second-order valence-electron chi connectivity index (χ2n) is 12.3. The summed E-state index contributed by atoms with van der Waals surface area (Å²) in [4.78, 5) is 32.8. The van der Waals surface area contributed by atoms with Crippen LogP contribution in [0.4, 0.5) is 0 Å². The van der Waals surface area contributed by atoms with E-state index in [4.69, 9.17) is 4.74 Å². The molecule has 0 bridgehead atoms. The Bertz CT molecular complexity index is 1130. The molecule has 6 nitrogen and oxygen atoms in total. The summed E-state index contributed by atoms with van der Waals surface area (Å²) >= 11 is 0. The summed E-state index contributed by atoms with van der Waals surface area (Å²) in [6.07, 6.45) is 6.01. The van der Waals surface area contributed by atoms with Crippen LogP contribution in [-0.4, -0.2) is 72.9 Å². The Balaban J connectivity index is 0.00000308. The predicted molar refractivity (Wildman–Crippen MR) is 155 cm³/mol. The number of carbonyl (C=O) groups excluding carboxylic acids is 2. The summed E-state index contributed by atoms with van der Waals surface area (Å²) in [5, 5.41) is 0. The molecule has 1 spiro atoms. The number of hydrogen-bond donors (Lipinski definition) is 0. The lowest BCUT2D eigenvalue weighted by atomic mass is 9.77.